The van der Waals surface area contributed by atoms with Crippen molar-refractivity contribution >= 4 is 22.4 Å². The maximum Gasteiger partial charge on any atom is 0.291 e. The molecule has 0 aliphatic carbocycles. The van der Waals surface area contributed by atoms with Crippen molar-refractivity contribution in [3.05, 3.63) is 113 Å². The molecule has 176 valence electrons. The SMILES string of the molecule is Cc1ccccc1Cn1nc(C)c(NC(=O)c2ccc(COc3cccc4ccccc34)o2)c1C. The zero-order valence-corrected chi connectivity index (χ0v) is 20.0. The summed E-state index contributed by atoms with van der Waals surface area (Å²) in [5, 5.41) is 9.75. The zero-order chi connectivity index (χ0) is 24.4. The first-order valence-corrected chi connectivity index (χ1v) is 11.6. The first-order valence-electron chi connectivity index (χ1n) is 11.6. The molecule has 0 bridgehead atoms. The van der Waals surface area contributed by atoms with Crippen LogP contribution in [0, 0.1) is 20.8 Å². The molecule has 0 atom stereocenters. The molecule has 3 aromatic carbocycles. The number of fused-ring (bicyclic) bond motifs is 1. The monoisotopic (exact) mass is 465 g/mol. The quantitative estimate of drug-likeness (QED) is 0.301. The Morgan fingerprint density at radius 2 is 1.71 bits per heavy atom. The van der Waals surface area contributed by atoms with Gasteiger partial charge < -0.3 is 14.5 Å². The Hall–Kier alpha value is -4.32. The summed E-state index contributed by atoms with van der Waals surface area (Å²) < 4.78 is 13.7. The number of carbonyl (C=O) groups excluding carboxylic acids is 1. The van der Waals surface area contributed by atoms with Crippen molar-refractivity contribution in [2.45, 2.75) is 33.9 Å². The van der Waals surface area contributed by atoms with Crippen LogP contribution in [0.25, 0.3) is 10.8 Å². The Bertz CT molecular complexity index is 1510. The van der Waals surface area contributed by atoms with Crippen molar-refractivity contribution in [3.8, 4) is 5.75 Å². The molecule has 2 aromatic heterocycles. The molecule has 0 fully saturated rings. The highest BCUT2D eigenvalue weighted by Gasteiger charge is 2.18. The Morgan fingerprint density at radius 3 is 2.57 bits per heavy atom. The van der Waals surface area contributed by atoms with Gasteiger partial charge in [0.2, 0.25) is 0 Å². The minimum atomic E-state index is -0.317. The predicted molar refractivity (Wildman–Crippen MR) is 137 cm³/mol. The minimum Gasteiger partial charge on any atom is -0.485 e. The summed E-state index contributed by atoms with van der Waals surface area (Å²) in [5.41, 5.74) is 4.76. The van der Waals surface area contributed by atoms with Crippen molar-refractivity contribution in [3.63, 3.8) is 0 Å². The first-order chi connectivity index (χ1) is 17.0. The van der Waals surface area contributed by atoms with Crippen molar-refractivity contribution in [1.29, 1.82) is 0 Å². The van der Waals surface area contributed by atoms with Crippen LogP contribution in [0.2, 0.25) is 0 Å². The molecule has 0 saturated carbocycles. The number of aryl methyl sites for hydroxylation is 2. The lowest BCUT2D eigenvalue weighted by Crippen LogP contribution is -2.12. The van der Waals surface area contributed by atoms with E-state index >= 15 is 0 Å². The highest BCUT2D eigenvalue weighted by Crippen LogP contribution is 2.27. The standard InChI is InChI=1S/C29H27N3O3/c1-19-9-4-5-11-23(19)17-32-21(3)28(20(2)31-32)30-29(33)27-16-15-24(35-27)18-34-26-14-8-12-22-10-6-7-13-25(22)26/h4-16H,17-18H2,1-3H3,(H,30,33). The maximum atomic E-state index is 12.9. The fourth-order valence-corrected chi connectivity index (χ4v) is 4.20. The minimum absolute atomic E-state index is 0.229. The summed E-state index contributed by atoms with van der Waals surface area (Å²) in [5.74, 6) is 1.26. The van der Waals surface area contributed by atoms with E-state index in [1.165, 1.54) is 11.1 Å². The van der Waals surface area contributed by atoms with E-state index < -0.39 is 0 Å². The number of ether oxygens (including phenoxy) is 1. The van der Waals surface area contributed by atoms with E-state index in [1.807, 2.05) is 73.1 Å². The van der Waals surface area contributed by atoms with Crippen LogP contribution in [0.5, 0.6) is 5.75 Å². The molecular formula is C29H27N3O3. The molecule has 5 rings (SSSR count). The van der Waals surface area contributed by atoms with Gasteiger partial charge in [0.1, 0.15) is 18.1 Å². The maximum absolute atomic E-state index is 12.9. The number of anilines is 1. The lowest BCUT2D eigenvalue weighted by atomic mass is 10.1. The van der Waals surface area contributed by atoms with Gasteiger partial charge >= 0.3 is 0 Å². The van der Waals surface area contributed by atoms with E-state index in [9.17, 15) is 4.79 Å². The molecule has 0 aliphatic rings. The van der Waals surface area contributed by atoms with Gasteiger partial charge in [-0.2, -0.15) is 5.10 Å². The van der Waals surface area contributed by atoms with Crippen LogP contribution in [0.15, 0.2) is 83.3 Å². The first kappa shape index (κ1) is 22.5. The van der Waals surface area contributed by atoms with Gasteiger partial charge in [0.15, 0.2) is 5.76 Å². The lowest BCUT2D eigenvalue weighted by Gasteiger charge is -2.09. The molecule has 1 N–H and O–H groups in total. The zero-order valence-electron chi connectivity index (χ0n) is 20.0. The normalized spacial score (nSPS) is 11.1. The van der Waals surface area contributed by atoms with Gasteiger partial charge in [0, 0.05) is 5.39 Å². The van der Waals surface area contributed by atoms with Crippen LogP contribution in [-0.4, -0.2) is 15.7 Å². The Kier molecular flexibility index (Phi) is 6.10. The highest BCUT2D eigenvalue weighted by molar-refractivity contribution is 6.03. The summed E-state index contributed by atoms with van der Waals surface area (Å²) in [6.45, 7) is 6.81. The smallest absolute Gasteiger partial charge is 0.291 e. The number of furan rings is 1. The fraction of sp³-hybridized carbons (Fsp3) is 0.172. The summed E-state index contributed by atoms with van der Waals surface area (Å²) in [7, 11) is 0. The van der Waals surface area contributed by atoms with Crippen LogP contribution in [0.4, 0.5) is 5.69 Å². The number of hydrogen-bond donors (Lipinski definition) is 1. The van der Waals surface area contributed by atoms with E-state index in [2.05, 4.69) is 29.5 Å². The largest absolute Gasteiger partial charge is 0.485 e. The van der Waals surface area contributed by atoms with Gasteiger partial charge in [-0.15, -0.1) is 0 Å². The second kappa shape index (κ2) is 9.50. The van der Waals surface area contributed by atoms with E-state index in [4.69, 9.17) is 9.15 Å². The van der Waals surface area contributed by atoms with Crippen LogP contribution in [0.1, 0.15) is 38.8 Å². The van der Waals surface area contributed by atoms with Gasteiger partial charge in [0.05, 0.1) is 23.6 Å². The molecule has 6 nitrogen and oxygen atoms in total. The van der Waals surface area contributed by atoms with Crippen molar-refractivity contribution < 1.29 is 13.9 Å². The van der Waals surface area contributed by atoms with Gasteiger partial charge in [-0.25, -0.2) is 0 Å². The third kappa shape index (κ3) is 4.68. The van der Waals surface area contributed by atoms with E-state index in [0.717, 1.165) is 27.9 Å². The Morgan fingerprint density at radius 1 is 0.943 bits per heavy atom. The lowest BCUT2D eigenvalue weighted by molar-refractivity contribution is 0.0992. The van der Waals surface area contributed by atoms with Crippen LogP contribution in [0.3, 0.4) is 0 Å². The van der Waals surface area contributed by atoms with Crippen molar-refractivity contribution in [1.82, 2.24) is 9.78 Å². The van der Waals surface area contributed by atoms with Gasteiger partial charge in [-0.1, -0.05) is 60.7 Å². The van der Waals surface area contributed by atoms with E-state index in [1.54, 1.807) is 12.1 Å². The molecule has 1 amide bonds. The number of amides is 1. The molecule has 0 spiro atoms. The number of carbonyl (C=O) groups is 1. The Balaban J connectivity index is 1.27. The molecular weight excluding hydrogens is 438 g/mol. The third-order valence-electron chi connectivity index (χ3n) is 6.21. The average Bonchev–Trinajstić information content (AvgIpc) is 3.44. The van der Waals surface area contributed by atoms with Crippen molar-refractivity contribution in [2.24, 2.45) is 0 Å². The number of nitrogens with one attached hydrogen (secondary N) is 1. The van der Waals surface area contributed by atoms with Gasteiger partial charge in [-0.3, -0.25) is 9.48 Å². The molecule has 0 unspecified atom stereocenters. The highest BCUT2D eigenvalue weighted by atomic mass is 16.5. The van der Waals surface area contributed by atoms with Crippen molar-refractivity contribution in [2.75, 3.05) is 5.32 Å². The van der Waals surface area contributed by atoms with E-state index in [-0.39, 0.29) is 18.3 Å². The number of rotatable bonds is 7. The molecule has 0 saturated heterocycles. The third-order valence-corrected chi connectivity index (χ3v) is 6.21. The second-order valence-electron chi connectivity index (χ2n) is 8.62. The summed E-state index contributed by atoms with van der Waals surface area (Å²) in [6.07, 6.45) is 0. The number of aromatic nitrogens is 2. The number of hydrogen-bond acceptors (Lipinski definition) is 4. The molecule has 5 aromatic rings. The summed E-state index contributed by atoms with van der Waals surface area (Å²) in [6, 6.07) is 25.6. The molecule has 6 heteroatoms. The topological polar surface area (TPSA) is 69.3 Å². The molecule has 0 aliphatic heterocycles. The van der Waals surface area contributed by atoms with Crippen LogP contribution in [-0.2, 0) is 13.2 Å². The molecule has 0 radical (unpaired) electrons. The fourth-order valence-electron chi connectivity index (χ4n) is 4.20. The predicted octanol–water partition coefficient (Wildman–Crippen LogP) is 6.43. The molecule has 2 heterocycles. The van der Waals surface area contributed by atoms with E-state index in [0.29, 0.717) is 18.0 Å². The van der Waals surface area contributed by atoms with Crippen LogP contribution < -0.4 is 10.1 Å². The van der Waals surface area contributed by atoms with Crippen LogP contribution >= 0.6 is 0 Å². The van der Waals surface area contributed by atoms with Gasteiger partial charge in [-0.05, 0) is 55.5 Å². The summed E-state index contributed by atoms with van der Waals surface area (Å²) >= 11 is 0. The number of benzene rings is 3. The van der Waals surface area contributed by atoms with Gasteiger partial charge in [0.25, 0.3) is 5.91 Å². The second-order valence-corrected chi connectivity index (χ2v) is 8.62. The summed E-state index contributed by atoms with van der Waals surface area (Å²) in [4.78, 5) is 12.9. The average molecular weight is 466 g/mol. The number of nitrogens with zero attached hydrogens (tertiary/aromatic N) is 2. The molecule has 35 heavy (non-hydrogen) atoms. The Labute approximate surface area is 204 Å².